The molecule has 0 unspecified atom stereocenters. The smallest absolute Gasteiger partial charge is 0.162 e. The van der Waals surface area contributed by atoms with Gasteiger partial charge in [-0.25, -0.2) is 0 Å². The summed E-state index contributed by atoms with van der Waals surface area (Å²) < 4.78 is 24.0. The van der Waals surface area contributed by atoms with E-state index in [1.165, 1.54) is 11.6 Å². The Labute approximate surface area is 331 Å². The van der Waals surface area contributed by atoms with E-state index in [-0.39, 0.29) is 71.9 Å². The maximum Gasteiger partial charge on any atom is 0.162 e. The van der Waals surface area contributed by atoms with Gasteiger partial charge in [0.2, 0.25) is 0 Å². The number of aliphatic hydroxyl groups is 1. The first-order valence-electron chi connectivity index (χ1n) is 20.2. The molecule has 4 nitrogen and oxygen atoms in total. The van der Waals surface area contributed by atoms with Crippen LogP contribution in [-0.4, -0.2) is 15.9 Å². The number of hydrogen-bond donors (Lipinski definition) is 1. The summed E-state index contributed by atoms with van der Waals surface area (Å²) in [6.45, 7) is 28.2. The average molecular weight is 885 g/mol. The number of allylic oxidation sites excluding steroid dienone is 2. The minimum absolute atomic E-state index is 0. The fourth-order valence-corrected chi connectivity index (χ4v) is 7.21. The molecule has 1 N–H and O–H groups in total. The number of aliphatic hydroxyl groups excluding tert-OH is 1. The van der Waals surface area contributed by atoms with Crippen molar-refractivity contribution in [1.82, 2.24) is 4.98 Å². The first-order chi connectivity index (χ1) is 24.6. The van der Waals surface area contributed by atoms with E-state index < -0.39 is 0 Å². The van der Waals surface area contributed by atoms with Crippen molar-refractivity contribution >= 4 is 27.3 Å². The second kappa shape index (κ2) is 17.4. The van der Waals surface area contributed by atoms with E-state index in [1.807, 2.05) is 27.7 Å². The van der Waals surface area contributed by atoms with E-state index in [9.17, 15) is 9.90 Å². The van der Waals surface area contributed by atoms with Crippen LogP contribution in [0.15, 0.2) is 54.4 Å². The van der Waals surface area contributed by atoms with Gasteiger partial charge >= 0.3 is 0 Å². The van der Waals surface area contributed by atoms with Gasteiger partial charge in [-0.3, -0.25) is 9.78 Å². The van der Waals surface area contributed by atoms with Crippen LogP contribution in [0.2, 0.25) is 0 Å². The Morgan fingerprint density at radius 3 is 1.98 bits per heavy atom. The van der Waals surface area contributed by atoms with Crippen LogP contribution in [0, 0.1) is 34.1 Å². The molecule has 0 fully saturated rings. The summed E-state index contributed by atoms with van der Waals surface area (Å²) in [6.07, 6.45) is 7.57. The van der Waals surface area contributed by atoms with Crippen LogP contribution in [0.4, 0.5) is 0 Å². The third-order valence-corrected chi connectivity index (χ3v) is 9.63. The summed E-state index contributed by atoms with van der Waals surface area (Å²) in [7, 11) is 0. The molecule has 5 rings (SSSR count). The van der Waals surface area contributed by atoms with Crippen molar-refractivity contribution in [2.24, 2.45) is 28.1 Å². The first kappa shape index (κ1) is 40.2. The largest absolute Gasteiger partial charge is 0.512 e. The molecule has 2 heterocycles. The Hall–Kier alpha value is -3.01. The molecular weight excluding hydrogens is 819 g/mol. The summed E-state index contributed by atoms with van der Waals surface area (Å²) >= 11 is 0. The van der Waals surface area contributed by atoms with Gasteiger partial charge < -0.3 is 9.84 Å². The summed E-state index contributed by atoms with van der Waals surface area (Å²) in [6, 6.07) is 14.7. The van der Waals surface area contributed by atoms with Crippen LogP contribution >= 0.6 is 0 Å². The molecule has 1 aliphatic rings. The van der Waals surface area contributed by atoms with Gasteiger partial charge in [-0.15, -0.1) is 17.5 Å². The number of nitrogens with zero attached hydrogens (tertiary/aromatic N) is 1. The molecule has 0 bridgehead atoms. The number of pyridine rings is 1. The summed E-state index contributed by atoms with van der Waals surface area (Å²) in [5, 5.41) is 13.5. The van der Waals surface area contributed by atoms with Gasteiger partial charge in [0.15, 0.2) is 5.78 Å². The van der Waals surface area contributed by atoms with Crippen LogP contribution in [-0.2, 0) is 44.2 Å². The maximum absolute atomic E-state index is 11.7. The Morgan fingerprint density at radius 2 is 1.42 bits per heavy atom. The molecule has 1 aliphatic heterocycles. The zero-order chi connectivity index (χ0) is 39.6. The quantitative estimate of drug-likeness (QED) is 0.0862. The minimum Gasteiger partial charge on any atom is -0.512 e. The molecule has 4 aromatic rings. The molecule has 5 heteroatoms. The minimum atomic E-state index is -0.00781. The molecule has 3 aromatic carbocycles. The topological polar surface area (TPSA) is 59.4 Å². The molecule has 285 valence electrons. The van der Waals surface area contributed by atoms with E-state index >= 15 is 0 Å². The van der Waals surface area contributed by atoms with Crippen molar-refractivity contribution in [3.05, 3.63) is 77.1 Å². The molecule has 0 saturated carbocycles. The van der Waals surface area contributed by atoms with E-state index in [0.29, 0.717) is 5.69 Å². The molecule has 1 aromatic heterocycles. The zero-order valence-electron chi connectivity index (χ0n) is 36.1. The summed E-state index contributed by atoms with van der Waals surface area (Å²) in [4.78, 5) is 16.4. The summed E-state index contributed by atoms with van der Waals surface area (Å²) in [5.74, 6) is 2.07. The van der Waals surface area contributed by atoms with Gasteiger partial charge in [-0.05, 0) is 84.2 Å². The molecular formula is C47H64IrNO3-. The summed E-state index contributed by atoms with van der Waals surface area (Å²) in [5.41, 5.74) is 5.37. The van der Waals surface area contributed by atoms with Crippen LogP contribution in [0.25, 0.3) is 32.8 Å². The Bertz CT molecular complexity index is 1990. The third-order valence-electron chi connectivity index (χ3n) is 9.63. The number of rotatable bonds is 10. The number of ketones is 1. The predicted molar refractivity (Wildman–Crippen MR) is 217 cm³/mol. The SMILES string of the molecule is CCC(CC)C(=O)/C=C(\O)C(CC)CC.[2H]c1nc2c3c(cc(CC(C)(C)C)cc3c1[2H])Oc1c-2[c-]c2cc(CC(C)(C)C)ccc2c1CC(C)(C)C.[Ir]. The number of benzene rings is 3. The number of carbonyl (C=O) groups is 1. The van der Waals surface area contributed by atoms with E-state index in [0.717, 1.165) is 94.7 Å². The van der Waals surface area contributed by atoms with Crippen molar-refractivity contribution in [3.63, 3.8) is 0 Å². The number of fused-ring (bicyclic) bond motifs is 3. The second-order valence-corrected chi connectivity index (χ2v) is 18.2. The number of ether oxygens (including phenoxy) is 1. The maximum atomic E-state index is 11.7. The van der Waals surface area contributed by atoms with Crippen LogP contribution in [0.3, 0.4) is 0 Å². The van der Waals surface area contributed by atoms with Crippen molar-refractivity contribution in [2.75, 3.05) is 0 Å². The molecule has 52 heavy (non-hydrogen) atoms. The Balaban J connectivity index is 0.000000418. The normalized spacial score (nSPS) is 13.6. The molecule has 0 saturated heterocycles. The number of carbonyl (C=O) groups excluding carboxylic acids is 1. The zero-order valence-corrected chi connectivity index (χ0v) is 36.5. The Morgan fingerprint density at radius 1 is 0.846 bits per heavy atom. The molecule has 0 aliphatic carbocycles. The molecule has 1 radical (unpaired) electrons. The first-order valence-corrected chi connectivity index (χ1v) is 19.2. The van der Waals surface area contributed by atoms with Crippen molar-refractivity contribution in [2.45, 2.75) is 135 Å². The average Bonchev–Trinajstić information content (AvgIpc) is 3.03. The van der Waals surface area contributed by atoms with Gasteiger partial charge in [0.25, 0.3) is 0 Å². The second-order valence-electron chi connectivity index (χ2n) is 18.2. The molecule has 0 spiro atoms. The van der Waals surface area contributed by atoms with Gasteiger partial charge in [-0.2, -0.15) is 0 Å². The third kappa shape index (κ3) is 11.0. The van der Waals surface area contributed by atoms with Gasteiger partial charge in [0.05, 0.1) is 14.3 Å². The number of aromatic nitrogens is 1. The fraction of sp³-hybridized carbons (Fsp3) is 0.532. The Kier molecular flexibility index (Phi) is 13.5. The fourth-order valence-electron chi connectivity index (χ4n) is 7.21. The predicted octanol–water partition coefficient (Wildman–Crippen LogP) is 13.6. The van der Waals surface area contributed by atoms with E-state index in [2.05, 4.69) is 104 Å². The van der Waals surface area contributed by atoms with E-state index in [1.54, 1.807) is 0 Å². The van der Waals surface area contributed by atoms with Gasteiger partial charge in [0.1, 0.15) is 5.75 Å². The molecule has 0 atom stereocenters. The monoisotopic (exact) mass is 885 g/mol. The van der Waals surface area contributed by atoms with Crippen LogP contribution < -0.4 is 4.74 Å². The molecule has 0 amide bonds. The van der Waals surface area contributed by atoms with E-state index in [4.69, 9.17) is 7.48 Å². The van der Waals surface area contributed by atoms with Gasteiger partial charge in [0, 0.05) is 55.3 Å². The number of hydrogen-bond acceptors (Lipinski definition) is 4. The van der Waals surface area contributed by atoms with Crippen LogP contribution in [0.1, 0.15) is 135 Å². The van der Waals surface area contributed by atoms with Crippen molar-refractivity contribution in [3.8, 4) is 22.8 Å². The van der Waals surface area contributed by atoms with Gasteiger partial charge in [-0.1, -0.05) is 130 Å². The van der Waals surface area contributed by atoms with Crippen molar-refractivity contribution in [1.29, 1.82) is 0 Å². The standard InChI is InChI=1S/C34H40NO.C13H24O2.Ir/c1-32(2,3)18-21-10-11-25-24(14-21)17-26-30-29-23(12-13-35-30)15-22(19-33(4,5)6)16-28(29)36-31(26)27(25)20-34(7,8)9;1-5-10(6-2)12(14)9-13(15)11(7-3)8-4;/h10-16H,18-20H2,1-9H3;9-11,14H,5-8H2,1-4H3;/q-1;;/b;12-9-;/i12D,13D;;. The van der Waals surface area contributed by atoms with Crippen LogP contribution in [0.5, 0.6) is 11.5 Å². The van der Waals surface area contributed by atoms with Crippen molar-refractivity contribution < 1.29 is 37.5 Å².